The molecule has 0 aromatic heterocycles. The lowest BCUT2D eigenvalue weighted by atomic mass is 9.46. The predicted molar refractivity (Wildman–Crippen MR) is 112 cm³/mol. The van der Waals surface area contributed by atoms with Gasteiger partial charge in [-0.05, 0) is 75.8 Å². The number of nitrogens with one attached hydrogen (secondary N) is 2. The first-order valence-corrected chi connectivity index (χ1v) is 12.1. The summed E-state index contributed by atoms with van der Waals surface area (Å²) < 4.78 is 34.6. The average Bonchev–Trinajstić information content (AvgIpc) is 2.67. The lowest BCUT2D eigenvalue weighted by Crippen LogP contribution is -2.80. The minimum absolute atomic E-state index is 0.0367. The molecule has 5 atom stereocenters. The minimum atomic E-state index is -3.50. The highest BCUT2D eigenvalue weighted by molar-refractivity contribution is 7.90. The number of ether oxygens (including phenoxy) is 1. The molecule has 4 bridgehead atoms. The smallest absolute Gasteiger partial charge is 0.220 e. The fraction of sp³-hybridized carbons (Fsp3) is 0.667. The van der Waals surface area contributed by atoms with Crippen LogP contribution < -0.4 is 14.8 Å². The van der Waals surface area contributed by atoms with Crippen molar-refractivity contribution in [2.45, 2.75) is 68.3 Å². The molecule has 0 saturated heterocycles. The van der Waals surface area contributed by atoms with Crippen LogP contribution in [0.4, 0.5) is 0 Å². The van der Waals surface area contributed by atoms with Crippen LogP contribution in [0.3, 0.4) is 0 Å². The Balaban J connectivity index is 1.82. The van der Waals surface area contributed by atoms with Gasteiger partial charge < -0.3 is 10.1 Å². The molecule has 8 heteroatoms. The molecule has 1 aromatic rings. The van der Waals surface area contributed by atoms with Crippen molar-refractivity contribution in [1.29, 1.82) is 0 Å². The van der Waals surface area contributed by atoms with E-state index in [0.29, 0.717) is 36.5 Å². The van der Waals surface area contributed by atoms with Crippen LogP contribution in [0.15, 0.2) is 24.3 Å². The van der Waals surface area contributed by atoms with Crippen molar-refractivity contribution in [2.24, 2.45) is 11.8 Å². The standard InChI is InChI=1S/C21H29ClN2O4S/c1-4-18(25)24-19(2)15-9-14-10-20(12-15,29(26,27)23-3)13-21(19,11-14)28-17-7-5-16(22)6-8-17/h5-8,14-15,23H,4,9-13H2,1-3H3,(H,24,25). The van der Waals surface area contributed by atoms with Gasteiger partial charge in [-0.1, -0.05) is 18.5 Å². The lowest BCUT2D eigenvalue weighted by Gasteiger charge is -2.68. The van der Waals surface area contributed by atoms with Crippen LogP contribution in [0.25, 0.3) is 0 Å². The maximum Gasteiger partial charge on any atom is 0.220 e. The largest absolute Gasteiger partial charge is 0.485 e. The first-order chi connectivity index (χ1) is 13.6. The fourth-order valence-electron chi connectivity index (χ4n) is 6.23. The third-order valence-corrected chi connectivity index (χ3v) is 9.98. The summed E-state index contributed by atoms with van der Waals surface area (Å²) >= 11 is 6.03. The molecule has 4 fully saturated rings. The van der Waals surface area contributed by atoms with E-state index >= 15 is 0 Å². The molecule has 0 heterocycles. The minimum Gasteiger partial charge on any atom is -0.485 e. The summed E-state index contributed by atoms with van der Waals surface area (Å²) in [6, 6.07) is 7.14. The molecule has 6 nitrogen and oxygen atoms in total. The van der Waals surface area contributed by atoms with Gasteiger partial charge in [0.15, 0.2) is 0 Å². The van der Waals surface area contributed by atoms with Gasteiger partial charge in [-0.2, -0.15) is 0 Å². The molecule has 0 radical (unpaired) electrons. The van der Waals surface area contributed by atoms with E-state index in [4.69, 9.17) is 16.3 Å². The molecule has 0 spiro atoms. The summed E-state index contributed by atoms with van der Waals surface area (Å²) in [6.45, 7) is 3.87. The van der Waals surface area contributed by atoms with Crippen molar-refractivity contribution >= 4 is 27.5 Å². The zero-order valence-electron chi connectivity index (χ0n) is 17.1. The number of sulfonamides is 1. The van der Waals surface area contributed by atoms with Crippen molar-refractivity contribution in [3.05, 3.63) is 29.3 Å². The van der Waals surface area contributed by atoms with Crippen LogP contribution in [-0.4, -0.2) is 37.3 Å². The highest BCUT2D eigenvalue weighted by Gasteiger charge is 2.72. The van der Waals surface area contributed by atoms with Gasteiger partial charge in [0.05, 0.1) is 10.3 Å². The third-order valence-electron chi connectivity index (χ3n) is 7.57. The summed E-state index contributed by atoms with van der Waals surface area (Å²) in [5.74, 6) is 0.897. The second kappa shape index (κ2) is 6.86. The predicted octanol–water partition coefficient (Wildman–Crippen LogP) is 3.25. The van der Waals surface area contributed by atoms with E-state index in [1.807, 2.05) is 26.0 Å². The summed E-state index contributed by atoms with van der Waals surface area (Å²) in [6.07, 6.45) is 3.57. The van der Waals surface area contributed by atoms with Gasteiger partial charge in [-0.15, -0.1) is 0 Å². The van der Waals surface area contributed by atoms with E-state index in [9.17, 15) is 13.2 Å². The number of hydrogen-bond donors (Lipinski definition) is 2. The summed E-state index contributed by atoms with van der Waals surface area (Å²) in [5, 5.41) is 3.85. The van der Waals surface area contributed by atoms with E-state index in [-0.39, 0.29) is 17.7 Å². The number of carbonyl (C=O) groups is 1. The highest BCUT2D eigenvalue weighted by Crippen LogP contribution is 2.64. The van der Waals surface area contributed by atoms with Crippen LogP contribution >= 0.6 is 11.6 Å². The Bertz CT molecular complexity index is 921. The van der Waals surface area contributed by atoms with E-state index in [2.05, 4.69) is 10.0 Å². The van der Waals surface area contributed by atoms with Gasteiger partial charge in [0.1, 0.15) is 11.4 Å². The normalized spacial score (nSPS) is 38.1. The number of rotatable bonds is 6. The second-order valence-electron chi connectivity index (χ2n) is 9.13. The van der Waals surface area contributed by atoms with Gasteiger partial charge in [0.25, 0.3) is 0 Å². The molecule has 5 rings (SSSR count). The van der Waals surface area contributed by atoms with Gasteiger partial charge in [0.2, 0.25) is 15.9 Å². The zero-order chi connectivity index (χ0) is 21.1. The van der Waals surface area contributed by atoms with Crippen molar-refractivity contribution in [2.75, 3.05) is 7.05 Å². The van der Waals surface area contributed by atoms with Crippen molar-refractivity contribution < 1.29 is 17.9 Å². The quantitative estimate of drug-likeness (QED) is 0.711. The van der Waals surface area contributed by atoms with Crippen LogP contribution in [0, 0.1) is 11.8 Å². The number of carbonyl (C=O) groups excluding carboxylic acids is 1. The topological polar surface area (TPSA) is 84.5 Å². The first-order valence-electron chi connectivity index (χ1n) is 10.3. The molecular weight excluding hydrogens is 412 g/mol. The number of hydrogen-bond acceptors (Lipinski definition) is 4. The molecule has 1 aromatic carbocycles. The zero-order valence-corrected chi connectivity index (χ0v) is 18.7. The number of halogens is 1. The first kappa shape index (κ1) is 20.9. The van der Waals surface area contributed by atoms with Crippen LogP contribution in [0.5, 0.6) is 5.75 Å². The Morgan fingerprint density at radius 3 is 2.55 bits per heavy atom. The molecule has 4 saturated carbocycles. The maximum atomic E-state index is 13.1. The fourth-order valence-corrected chi connectivity index (χ4v) is 8.09. The van der Waals surface area contributed by atoms with E-state index in [0.717, 1.165) is 12.8 Å². The van der Waals surface area contributed by atoms with Gasteiger partial charge in [-0.25, -0.2) is 13.1 Å². The third kappa shape index (κ3) is 3.08. The van der Waals surface area contributed by atoms with Crippen LogP contribution in [0.1, 0.15) is 52.4 Å². The average molecular weight is 441 g/mol. The Kier molecular flexibility index (Phi) is 4.95. The Hall–Kier alpha value is -1.31. The summed E-state index contributed by atoms with van der Waals surface area (Å²) in [4.78, 5) is 12.5. The molecule has 1 amide bonds. The SMILES string of the molecule is CCC(=O)NC1(C)C2CC3CC1(Oc1ccc(Cl)cc1)CC(S(=O)(=O)NC)(C3)C2. The molecule has 5 unspecified atom stereocenters. The molecule has 4 aliphatic rings. The number of amides is 1. The molecular formula is C21H29ClN2O4S. The van der Waals surface area contributed by atoms with Gasteiger partial charge >= 0.3 is 0 Å². The van der Waals surface area contributed by atoms with E-state index in [1.54, 1.807) is 12.1 Å². The molecule has 2 N–H and O–H groups in total. The summed E-state index contributed by atoms with van der Waals surface area (Å²) in [5.41, 5.74) is -1.43. The van der Waals surface area contributed by atoms with Crippen molar-refractivity contribution in [3.8, 4) is 5.75 Å². The monoisotopic (exact) mass is 440 g/mol. The lowest BCUT2D eigenvalue weighted by molar-refractivity contribution is -0.173. The molecule has 0 aliphatic heterocycles. The van der Waals surface area contributed by atoms with E-state index in [1.165, 1.54) is 7.05 Å². The van der Waals surface area contributed by atoms with Gasteiger partial charge in [-0.3, -0.25) is 4.79 Å². The Morgan fingerprint density at radius 2 is 1.93 bits per heavy atom. The van der Waals surface area contributed by atoms with Crippen molar-refractivity contribution in [1.82, 2.24) is 10.0 Å². The molecule has 29 heavy (non-hydrogen) atoms. The Morgan fingerprint density at radius 1 is 1.24 bits per heavy atom. The second-order valence-corrected chi connectivity index (χ2v) is 11.9. The van der Waals surface area contributed by atoms with Crippen LogP contribution in [-0.2, 0) is 14.8 Å². The molecule has 4 aliphatic carbocycles. The number of benzene rings is 1. The van der Waals surface area contributed by atoms with Crippen LogP contribution in [0.2, 0.25) is 5.02 Å². The summed E-state index contributed by atoms with van der Waals surface area (Å²) in [7, 11) is -2.02. The maximum absolute atomic E-state index is 13.1. The molecule has 160 valence electrons. The van der Waals surface area contributed by atoms with E-state index < -0.39 is 25.9 Å². The van der Waals surface area contributed by atoms with Gasteiger partial charge in [0, 0.05) is 17.9 Å². The Labute approximate surface area is 177 Å². The highest BCUT2D eigenvalue weighted by atomic mass is 35.5. The van der Waals surface area contributed by atoms with Crippen molar-refractivity contribution in [3.63, 3.8) is 0 Å².